The first kappa shape index (κ1) is 12.3. The highest BCUT2D eigenvalue weighted by Crippen LogP contribution is 2.26. The summed E-state index contributed by atoms with van der Waals surface area (Å²) in [5, 5.41) is 0. The van der Waals surface area contributed by atoms with Crippen LogP contribution in [0.4, 0.5) is 4.79 Å². The molecule has 0 atom stereocenters. The molecule has 0 aromatic heterocycles. The molecule has 0 spiro atoms. The third-order valence-electron chi connectivity index (χ3n) is 2.04. The second kappa shape index (κ2) is 5.97. The number of para-hydroxylation sites is 2. The predicted molar refractivity (Wildman–Crippen MR) is 60.7 cm³/mol. The van der Waals surface area contributed by atoms with E-state index in [-0.39, 0.29) is 0 Å². The average Bonchev–Trinajstić information content (AvgIpc) is 2.30. The fraction of sp³-hybridized carbons (Fsp3) is 0.364. The van der Waals surface area contributed by atoms with E-state index in [1.54, 1.807) is 31.3 Å². The Morgan fingerprint density at radius 3 is 2.56 bits per heavy atom. The van der Waals surface area contributed by atoms with Gasteiger partial charge in [-0.1, -0.05) is 12.1 Å². The zero-order valence-electron chi connectivity index (χ0n) is 9.47. The van der Waals surface area contributed by atoms with Gasteiger partial charge in [-0.15, -0.1) is 0 Å². The van der Waals surface area contributed by atoms with Crippen molar-refractivity contribution >= 4 is 6.09 Å². The Bertz CT molecular complexity index is 355. The molecule has 0 saturated carbocycles. The number of carbonyl (C=O) groups excluding carboxylic acids is 1. The number of rotatable bonds is 4. The lowest BCUT2D eigenvalue weighted by atomic mass is 10.3. The molecule has 16 heavy (non-hydrogen) atoms. The first-order valence-electron chi connectivity index (χ1n) is 4.95. The topological polar surface area (TPSA) is 64.8 Å². The highest BCUT2D eigenvalue weighted by atomic mass is 16.6. The molecule has 0 heterocycles. The first-order valence-corrected chi connectivity index (χ1v) is 4.95. The van der Waals surface area contributed by atoms with Crippen LogP contribution >= 0.6 is 0 Å². The molecule has 0 aliphatic carbocycles. The third kappa shape index (κ3) is 3.13. The van der Waals surface area contributed by atoms with E-state index < -0.39 is 6.09 Å². The predicted octanol–water partition coefficient (Wildman–Crippen LogP) is 1.08. The highest BCUT2D eigenvalue weighted by Gasteiger charge is 2.12. The molecule has 2 N–H and O–H groups in total. The van der Waals surface area contributed by atoms with E-state index in [0.717, 1.165) is 0 Å². The number of benzene rings is 1. The number of nitrogens with zero attached hydrogens (tertiary/aromatic N) is 1. The number of methoxy groups -OCH3 is 1. The van der Waals surface area contributed by atoms with Gasteiger partial charge in [0.25, 0.3) is 0 Å². The van der Waals surface area contributed by atoms with E-state index in [2.05, 4.69) is 0 Å². The molecule has 1 amide bonds. The summed E-state index contributed by atoms with van der Waals surface area (Å²) < 4.78 is 10.2. The van der Waals surface area contributed by atoms with Gasteiger partial charge in [0, 0.05) is 20.1 Å². The van der Waals surface area contributed by atoms with Gasteiger partial charge in [-0.05, 0) is 12.1 Å². The van der Waals surface area contributed by atoms with Crippen LogP contribution in [0.25, 0.3) is 0 Å². The van der Waals surface area contributed by atoms with Crippen LogP contribution in [-0.2, 0) is 0 Å². The van der Waals surface area contributed by atoms with E-state index in [0.29, 0.717) is 24.6 Å². The smallest absolute Gasteiger partial charge is 0.415 e. The van der Waals surface area contributed by atoms with Crippen LogP contribution in [-0.4, -0.2) is 38.2 Å². The molecule has 1 rings (SSSR count). The minimum atomic E-state index is -0.449. The van der Waals surface area contributed by atoms with Gasteiger partial charge >= 0.3 is 6.09 Å². The van der Waals surface area contributed by atoms with Crippen molar-refractivity contribution in [3.63, 3.8) is 0 Å². The standard InChI is InChI=1S/C11H16N2O3/c1-13(8-7-12)11(14)16-10-6-4-3-5-9(10)15-2/h3-6H,7-8,12H2,1-2H3. The Balaban J connectivity index is 2.69. The Labute approximate surface area is 94.7 Å². The van der Waals surface area contributed by atoms with Crippen molar-refractivity contribution in [2.75, 3.05) is 27.2 Å². The summed E-state index contributed by atoms with van der Waals surface area (Å²) in [5.41, 5.74) is 5.34. The SMILES string of the molecule is COc1ccccc1OC(=O)N(C)CCN. The maximum atomic E-state index is 11.6. The summed E-state index contributed by atoms with van der Waals surface area (Å²) in [6.07, 6.45) is -0.449. The van der Waals surface area contributed by atoms with Crippen LogP contribution in [0.2, 0.25) is 0 Å². The fourth-order valence-electron chi connectivity index (χ4n) is 1.16. The van der Waals surface area contributed by atoms with E-state index in [1.807, 2.05) is 0 Å². The lowest BCUT2D eigenvalue weighted by Crippen LogP contribution is -2.33. The molecule has 0 radical (unpaired) electrons. The average molecular weight is 224 g/mol. The van der Waals surface area contributed by atoms with Crippen LogP contribution < -0.4 is 15.2 Å². The van der Waals surface area contributed by atoms with Crippen molar-refractivity contribution in [2.24, 2.45) is 5.73 Å². The molecule has 5 heteroatoms. The highest BCUT2D eigenvalue weighted by molar-refractivity contribution is 5.71. The Hall–Kier alpha value is -1.75. The molecule has 0 unspecified atom stereocenters. The van der Waals surface area contributed by atoms with Crippen LogP contribution in [0.3, 0.4) is 0 Å². The van der Waals surface area contributed by atoms with Crippen molar-refractivity contribution in [2.45, 2.75) is 0 Å². The summed E-state index contributed by atoms with van der Waals surface area (Å²) in [6.45, 7) is 0.853. The normalized spacial score (nSPS) is 9.69. The van der Waals surface area contributed by atoms with Gasteiger partial charge < -0.3 is 20.1 Å². The van der Waals surface area contributed by atoms with Gasteiger partial charge in [0.2, 0.25) is 0 Å². The molecular formula is C11H16N2O3. The number of hydrogen-bond donors (Lipinski definition) is 1. The molecule has 5 nitrogen and oxygen atoms in total. The lowest BCUT2D eigenvalue weighted by molar-refractivity contribution is 0.162. The van der Waals surface area contributed by atoms with Crippen molar-refractivity contribution in [1.82, 2.24) is 4.90 Å². The van der Waals surface area contributed by atoms with Crippen LogP contribution in [0, 0.1) is 0 Å². The van der Waals surface area contributed by atoms with Crippen LogP contribution in [0.1, 0.15) is 0 Å². The van der Waals surface area contributed by atoms with Gasteiger partial charge in [-0.2, -0.15) is 0 Å². The zero-order valence-corrected chi connectivity index (χ0v) is 9.47. The van der Waals surface area contributed by atoms with E-state index in [1.165, 1.54) is 12.0 Å². The number of amides is 1. The van der Waals surface area contributed by atoms with Gasteiger partial charge in [-0.25, -0.2) is 4.79 Å². The summed E-state index contributed by atoms with van der Waals surface area (Å²) in [6, 6.07) is 6.98. The van der Waals surface area contributed by atoms with Crippen molar-refractivity contribution < 1.29 is 14.3 Å². The quantitative estimate of drug-likeness (QED) is 0.831. The molecule has 88 valence electrons. The second-order valence-electron chi connectivity index (χ2n) is 3.23. The van der Waals surface area contributed by atoms with Gasteiger partial charge in [0.1, 0.15) is 0 Å². The Morgan fingerprint density at radius 2 is 2.00 bits per heavy atom. The molecule has 1 aromatic carbocycles. The molecule has 0 aliphatic rings. The number of likely N-dealkylation sites (N-methyl/N-ethyl adjacent to an activating group) is 1. The van der Waals surface area contributed by atoms with Crippen molar-refractivity contribution in [3.05, 3.63) is 24.3 Å². The molecule has 0 fully saturated rings. The van der Waals surface area contributed by atoms with E-state index in [9.17, 15) is 4.79 Å². The lowest BCUT2D eigenvalue weighted by Gasteiger charge is -2.16. The van der Waals surface area contributed by atoms with Crippen molar-refractivity contribution in [3.8, 4) is 11.5 Å². The summed E-state index contributed by atoms with van der Waals surface area (Å²) in [4.78, 5) is 13.0. The van der Waals surface area contributed by atoms with Crippen LogP contribution in [0.5, 0.6) is 11.5 Å². The summed E-state index contributed by atoms with van der Waals surface area (Å²) in [7, 11) is 3.15. The number of nitrogens with two attached hydrogens (primary N) is 1. The largest absolute Gasteiger partial charge is 0.493 e. The molecule has 0 aliphatic heterocycles. The number of hydrogen-bond acceptors (Lipinski definition) is 4. The van der Waals surface area contributed by atoms with E-state index in [4.69, 9.17) is 15.2 Å². The number of carbonyl (C=O) groups is 1. The minimum Gasteiger partial charge on any atom is -0.493 e. The number of ether oxygens (including phenoxy) is 2. The third-order valence-corrected chi connectivity index (χ3v) is 2.04. The van der Waals surface area contributed by atoms with Crippen molar-refractivity contribution in [1.29, 1.82) is 0 Å². The van der Waals surface area contributed by atoms with Gasteiger partial charge in [-0.3, -0.25) is 0 Å². The first-order chi connectivity index (χ1) is 7.69. The van der Waals surface area contributed by atoms with Gasteiger partial charge in [0.15, 0.2) is 11.5 Å². The summed E-state index contributed by atoms with van der Waals surface area (Å²) in [5.74, 6) is 0.927. The zero-order chi connectivity index (χ0) is 12.0. The molecular weight excluding hydrogens is 208 g/mol. The Morgan fingerprint density at radius 1 is 1.38 bits per heavy atom. The summed E-state index contributed by atoms with van der Waals surface area (Å²) >= 11 is 0. The van der Waals surface area contributed by atoms with Gasteiger partial charge in [0.05, 0.1) is 7.11 Å². The monoisotopic (exact) mass is 224 g/mol. The maximum absolute atomic E-state index is 11.6. The second-order valence-corrected chi connectivity index (χ2v) is 3.23. The van der Waals surface area contributed by atoms with Crippen LogP contribution in [0.15, 0.2) is 24.3 Å². The molecule has 0 saturated heterocycles. The molecule has 0 bridgehead atoms. The fourth-order valence-corrected chi connectivity index (χ4v) is 1.16. The Kier molecular flexibility index (Phi) is 4.60. The molecule has 1 aromatic rings. The minimum absolute atomic E-state index is 0.400. The maximum Gasteiger partial charge on any atom is 0.415 e. The van der Waals surface area contributed by atoms with E-state index >= 15 is 0 Å².